The Morgan fingerprint density at radius 1 is 1.44 bits per heavy atom. The maximum atomic E-state index is 12.2. The lowest BCUT2D eigenvalue weighted by Gasteiger charge is -2.11. The maximum Gasteiger partial charge on any atom is 0.245 e. The Labute approximate surface area is 115 Å². The van der Waals surface area contributed by atoms with Crippen molar-refractivity contribution in [2.75, 3.05) is 6.54 Å². The molecule has 1 aromatic heterocycles. The molecule has 0 radical (unpaired) electrons. The molecular weight excluding hydrogens is 320 g/mol. The summed E-state index contributed by atoms with van der Waals surface area (Å²) in [5, 5.41) is 3.67. The van der Waals surface area contributed by atoms with Crippen LogP contribution in [0.5, 0.6) is 0 Å². The number of hydrogen-bond donors (Lipinski definition) is 1. The molecule has 1 aliphatic carbocycles. The van der Waals surface area contributed by atoms with E-state index < -0.39 is 10.0 Å². The molecule has 2 rings (SSSR count). The molecule has 2 atom stereocenters. The Bertz CT molecular complexity index is 507. The molecule has 0 amide bonds. The molecule has 0 bridgehead atoms. The number of rotatable bonds is 4. The second-order valence-electron chi connectivity index (χ2n) is 4.78. The molecule has 7 heteroatoms. The topological polar surface area (TPSA) is 72.2 Å². The zero-order valence-electron chi connectivity index (χ0n) is 10.4. The van der Waals surface area contributed by atoms with Crippen molar-refractivity contribution in [3.63, 3.8) is 0 Å². The van der Waals surface area contributed by atoms with Crippen LogP contribution >= 0.6 is 15.9 Å². The highest BCUT2D eigenvalue weighted by atomic mass is 79.9. The molecule has 0 saturated heterocycles. The minimum absolute atomic E-state index is 0.177. The first kappa shape index (κ1) is 14.0. The molecule has 1 heterocycles. The number of aryl methyl sites for hydroxylation is 2. The quantitative estimate of drug-likeness (QED) is 0.855. The van der Waals surface area contributed by atoms with Crippen LogP contribution in [0.3, 0.4) is 0 Å². The zero-order chi connectivity index (χ0) is 13.3. The van der Waals surface area contributed by atoms with E-state index in [0.29, 0.717) is 28.7 Å². The van der Waals surface area contributed by atoms with Gasteiger partial charge >= 0.3 is 0 Å². The minimum atomic E-state index is -3.50. The SMILES string of the molecule is Cc1noc(C)c1S(=O)(=O)NCC1CCC(Br)C1. The van der Waals surface area contributed by atoms with Gasteiger partial charge in [-0.2, -0.15) is 0 Å². The van der Waals surface area contributed by atoms with Crippen molar-refractivity contribution in [3.05, 3.63) is 11.5 Å². The molecule has 0 aromatic carbocycles. The van der Waals surface area contributed by atoms with E-state index in [1.54, 1.807) is 13.8 Å². The number of aromatic nitrogens is 1. The highest BCUT2D eigenvalue weighted by Crippen LogP contribution is 2.30. The Hall–Kier alpha value is -0.400. The van der Waals surface area contributed by atoms with E-state index in [2.05, 4.69) is 25.8 Å². The second kappa shape index (κ2) is 5.30. The van der Waals surface area contributed by atoms with Gasteiger partial charge in [0.15, 0.2) is 5.76 Å². The van der Waals surface area contributed by atoms with Crippen molar-refractivity contribution >= 4 is 26.0 Å². The number of hydrogen-bond acceptors (Lipinski definition) is 4. The van der Waals surface area contributed by atoms with Gasteiger partial charge in [0.2, 0.25) is 10.0 Å². The van der Waals surface area contributed by atoms with Crippen molar-refractivity contribution in [3.8, 4) is 0 Å². The Morgan fingerprint density at radius 2 is 2.17 bits per heavy atom. The molecule has 102 valence electrons. The third-order valence-corrected chi connectivity index (χ3v) is 5.77. The number of halogens is 1. The zero-order valence-corrected chi connectivity index (χ0v) is 12.8. The van der Waals surface area contributed by atoms with Crippen LogP contribution in [0, 0.1) is 19.8 Å². The largest absolute Gasteiger partial charge is 0.360 e. The van der Waals surface area contributed by atoms with Gasteiger partial charge in [0.25, 0.3) is 0 Å². The molecule has 1 saturated carbocycles. The number of sulfonamides is 1. The number of nitrogens with zero attached hydrogens (tertiary/aromatic N) is 1. The van der Waals surface area contributed by atoms with E-state index in [0.717, 1.165) is 19.3 Å². The number of alkyl halides is 1. The summed E-state index contributed by atoms with van der Waals surface area (Å²) in [5.41, 5.74) is 0.407. The lowest BCUT2D eigenvalue weighted by Crippen LogP contribution is -2.29. The minimum Gasteiger partial charge on any atom is -0.360 e. The summed E-state index contributed by atoms with van der Waals surface area (Å²) in [6, 6.07) is 0. The third kappa shape index (κ3) is 2.95. The molecule has 1 aliphatic rings. The summed E-state index contributed by atoms with van der Waals surface area (Å²) in [6.45, 7) is 3.72. The summed E-state index contributed by atoms with van der Waals surface area (Å²) in [5.74, 6) is 0.745. The monoisotopic (exact) mass is 336 g/mol. The van der Waals surface area contributed by atoms with E-state index in [1.807, 2.05) is 0 Å². The van der Waals surface area contributed by atoms with Gasteiger partial charge in [0, 0.05) is 11.4 Å². The van der Waals surface area contributed by atoms with Gasteiger partial charge in [-0.05, 0) is 39.0 Å². The lowest BCUT2D eigenvalue weighted by atomic mass is 10.1. The van der Waals surface area contributed by atoms with Gasteiger partial charge in [-0.25, -0.2) is 13.1 Å². The van der Waals surface area contributed by atoms with Gasteiger partial charge in [0.1, 0.15) is 10.6 Å². The molecule has 2 unspecified atom stereocenters. The van der Waals surface area contributed by atoms with E-state index in [9.17, 15) is 8.42 Å². The van der Waals surface area contributed by atoms with Gasteiger partial charge in [-0.1, -0.05) is 21.1 Å². The van der Waals surface area contributed by atoms with Crippen LogP contribution in [0.2, 0.25) is 0 Å². The predicted molar refractivity (Wildman–Crippen MR) is 71.2 cm³/mol. The Morgan fingerprint density at radius 3 is 2.67 bits per heavy atom. The molecule has 1 N–H and O–H groups in total. The average Bonchev–Trinajstić information content (AvgIpc) is 2.83. The van der Waals surface area contributed by atoms with Gasteiger partial charge in [-0.3, -0.25) is 0 Å². The highest BCUT2D eigenvalue weighted by molar-refractivity contribution is 9.09. The molecule has 1 fully saturated rings. The number of nitrogens with one attached hydrogen (secondary N) is 1. The van der Waals surface area contributed by atoms with Crippen LogP contribution in [-0.2, 0) is 10.0 Å². The average molecular weight is 337 g/mol. The van der Waals surface area contributed by atoms with E-state index in [4.69, 9.17) is 4.52 Å². The first-order chi connectivity index (χ1) is 8.40. The normalized spacial score (nSPS) is 24.6. The van der Waals surface area contributed by atoms with Crippen LogP contribution < -0.4 is 4.72 Å². The molecule has 0 aliphatic heterocycles. The Balaban J connectivity index is 2.04. The van der Waals surface area contributed by atoms with Crippen molar-refractivity contribution in [2.45, 2.75) is 42.8 Å². The fourth-order valence-electron chi connectivity index (χ4n) is 2.36. The fourth-order valence-corrected chi connectivity index (χ4v) is 4.59. The van der Waals surface area contributed by atoms with Gasteiger partial charge in [0.05, 0.1) is 0 Å². The highest BCUT2D eigenvalue weighted by Gasteiger charge is 2.27. The predicted octanol–water partition coefficient (Wildman–Crippen LogP) is 2.13. The van der Waals surface area contributed by atoms with Crippen LogP contribution in [0.25, 0.3) is 0 Å². The van der Waals surface area contributed by atoms with Crippen molar-refractivity contribution in [1.82, 2.24) is 9.88 Å². The first-order valence-corrected chi connectivity index (χ1v) is 8.36. The van der Waals surface area contributed by atoms with E-state index in [-0.39, 0.29) is 4.90 Å². The summed E-state index contributed by atoms with van der Waals surface area (Å²) >= 11 is 3.56. The summed E-state index contributed by atoms with van der Waals surface area (Å²) < 4.78 is 31.9. The van der Waals surface area contributed by atoms with Gasteiger partial charge < -0.3 is 4.52 Å². The van der Waals surface area contributed by atoms with Gasteiger partial charge in [-0.15, -0.1) is 0 Å². The van der Waals surface area contributed by atoms with Crippen molar-refractivity contribution < 1.29 is 12.9 Å². The standard InChI is InChI=1S/C11H17BrN2O3S/c1-7-11(8(2)17-14-7)18(15,16)13-6-9-3-4-10(12)5-9/h9-10,13H,3-6H2,1-2H3. The molecule has 1 aromatic rings. The lowest BCUT2D eigenvalue weighted by molar-refractivity contribution is 0.390. The second-order valence-corrected chi connectivity index (χ2v) is 7.78. The molecule has 5 nitrogen and oxygen atoms in total. The van der Waals surface area contributed by atoms with E-state index >= 15 is 0 Å². The van der Waals surface area contributed by atoms with Crippen LogP contribution in [0.4, 0.5) is 0 Å². The molecule has 18 heavy (non-hydrogen) atoms. The first-order valence-electron chi connectivity index (χ1n) is 5.96. The molecule has 0 spiro atoms. The summed E-state index contributed by atoms with van der Waals surface area (Å²) in [6.07, 6.45) is 3.18. The molecular formula is C11H17BrN2O3S. The third-order valence-electron chi connectivity index (χ3n) is 3.28. The van der Waals surface area contributed by atoms with E-state index in [1.165, 1.54) is 0 Å². The van der Waals surface area contributed by atoms with Crippen LogP contribution in [0.15, 0.2) is 9.42 Å². The summed E-state index contributed by atoms with van der Waals surface area (Å²) in [4.78, 5) is 0.696. The van der Waals surface area contributed by atoms with Crippen LogP contribution in [0.1, 0.15) is 30.7 Å². The van der Waals surface area contributed by atoms with Crippen molar-refractivity contribution in [2.24, 2.45) is 5.92 Å². The summed E-state index contributed by atoms with van der Waals surface area (Å²) in [7, 11) is -3.50. The fraction of sp³-hybridized carbons (Fsp3) is 0.727. The Kier molecular flexibility index (Phi) is 4.13. The van der Waals surface area contributed by atoms with Crippen molar-refractivity contribution in [1.29, 1.82) is 0 Å². The van der Waals surface area contributed by atoms with Crippen LogP contribution in [-0.4, -0.2) is 24.9 Å². The maximum absolute atomic E-state index is 12.2. The smallest absolute Gasteiger partial charge is 0.245 e.